The van der Waals surface area contributed by atoms with Crippen molar-refractivity contribution in [3.8, 4) is 17.2 Å². The second kappa shape index (κ2) is 7.43. The van der Waals surface area contributed by atoms with Gasteiger partial charge in [-0.3, -0.25) is 4.79 Å². The number of ether oxygens (including phenoxy) is 3. The summed E-state index contributed by atoms with van der Waals surface area (Å²) in [5, 5.41) is 2.66. The molecule has 2 aromatic rings. The minimum Gasteiger partial charge on any atom is -0.493 e. The summed E-state index contributed by atoms with van der Waals surface area (Å²) in [5.41, 5.74) is 0.640. The van der Waals surface area contributed by atoms with E-state index >= 15 is 0 Å². The molecule has 0 saturated carbocycles. The summed E-state index contributed by atoms with van der Waals surface area (Å²) in [6, 6.07) is 9.04. The Hall–Kier alpha value is -2.74. The molecule has 1 N–H and O–H groups in total. The van der Waals surface area contributed by atoms with Crippen molar-refractivity contribution in [3.63, 3.8) is 0 Å². The summed E-state index contributed by atoms with van der Waals surface area (Å²) in [6.45, 7) is 0. The van der Waals surface area contributed by atoms with Gasteiger partial charge in [-0.25, -0.2) is 8.42 Å². The zero-order chi connectivity index (χ0) is 18.6. The summed E-state index contributed by atoms with van der Waals surface area (Å²) in [7, 11) is 1.01. The zero-order valence-corrected chi connectivity index (χ0v) is 15.1. The lowest BCUT2D eigenvalue weighted by Crippen LogP contribution is -2.13. The van der Waals surface area contributed by atoms with Gasteiger partial charge in [0.05, 0.1) is 26.2 Å². The van der Waals surface area contributed by atoms with Crippen LogP contribution in [0.5, 0.6) is 17.2 Å². The number of nitrogens with one attached hydrogen (secondary N) is 1. The van der Waals surface area contributed by atoms with Gasteiger partial charge in [-0.05, 0) is 30.3 Å². The van der Waals surface area contributed by atoms with Crippen LogP contribution in [-0.4, -0.2) is 41.9 Å². The van der Waals surface area contributed by atoms with Gasteiger partial charge in [-0.2, -0.15) is 0 Å². The summed E-state index contributed by atoms with van der Waals surface area (Å²) in [6.07, 6.45) is 1.10. The lowest BCUT2D eigenvalue weighted by molar-refractivity contribution is 0.102. The highest BCUT2D eigenvalue weighted by atomic mass is 32.2. The molecular formula is C17H19NO6S. The third kappa shape index (κ3) is 4.21. The van der Waals surface area contributed by atoms with Crippen molar-refractivity contribution in [1.82, 2.24) is 0 Å². The van der Waals surface area contributed by atoms with Gasteiger partial charge in [0.15, 0.2) is 21.3 Å². The minimum atomic E-state index is -3.36. The highest BCUT2D eigenvalue weighted by molar-refractivity contribution is 7.90. The van der Waals surface area contributed by atoms with Gasteiger partial charge in [-0.15, -0.1) is 0 Å². The fraction of sp³-hybridized carbons (Fsp3) is 0.235. The number of methoxy groups -OCH3 is 3. The number of carbonyl (C=O) groups excluding carboxylic acids is 1. The van der Waals surface area contributed by atoms with Crippen LogP contribution in [0.2, 0.25) is 0 Å². The third-order valence-corrected chi connectivity index (χ3v) is 4.56. The van der Waals surface area contributed by atoms with Crippen LogP contribution in [0, 0.1) is 0 Å². The van der Waals surface area contributed by atoms with E-state index < -0.39 is 15.7 Å². The average molecular weight is 365 g/mol. The Kier molecular flexibility index (Phi) is 5.53. The zero-order valence-electron chi connectivity index (χ0n) is 14.3. The molecule has 134 valence electrons. The average Bonchev–Trinajstić information content (AvgIpc) is 2.59. The van der Waals surface area contributed by atoms with E-state index in [4.69, 9.17) is 14.2 Å². The molecule has 0 heterocycles. The molecule has 0 spiro atoms. The fourth-order valence-electron chi connectivity index (χ4n) is 2.22. The standard InChI is InChI=1S/C17H19NO6S/c1-22-14-8-11(9-15(23-2)16(14)24-3)17(19)18-12-6-5-7-13(10-12)25(4,20)21/h5-10H,1-4H3,(H,18,19). The lowest BCUT2D eigenvalue weighted by Gasteiger charge is -2.14. The van der Waals surface area contributed by atoms with Gasteiger partial charge in [0.1, 0.15) is 0 Å². The van der Waals surface area contributed by atoms with Crippen LogP contribution >= 0.6 is 0 Å². The first-order valence-electron chi connectivity index (χ1n) is 7.21. The van der Waals surface area contributed by atoms with Crippen LogP contribution < -0.4 is 19.5 Å². The van der Waals surface area contributed by atoms with Gasteiger partial charge in [0.25, 0.3) is 5.91 Å². The first kappa shape index (κ1) is 18.6. The molecule has 0 fully saturated rings. The van der Waals surface area contributed by atoms with Crippen LogP contribution in [0.3, 0.4) is 0 Å². The monoisotopic (exact) mass is 365 g/mol. The number of rotatable bonds is 6. The fourth-order valence-corrected chi connectivity index (χ4v) is 2.89. The van der Waals surface area contributed by atoms with Crippen molar-refractivity contribution >= 4 is 21.4 Å². The molecule has 1 amide bonds. The lowest BCUT2D eigenvalue weighted by atomic mass is 10.1. The van der Waals surface area contributed by atoms with Gasteiger partial charge >= 0.3 is 0 Å². The highest BCUT2D eigenvalue weighted by Crippen LogP contribution is 2.38. The Morgan fingerprint density at radius 3 is 2.04 bits per heavy atom. The largest absolute Gasteiger partial charge is 0.493 e. The predicted molar refractivity (Wildman–Crippen MR) is 93.6 cm³/mol. The highest BCUT2D eigenvalue weighted by Gasteiger charge is 2.17. The normalized spacial score (nSPS) is 10.9. The van der Waals surface area contributed by atoms with E-state index in [2.05, 4.69) is 5.32 Å². The van der Waals surface area contributed by atoms with Crippen LogP contribution in [0.1, 0.15) is 10.4 Å². The van der Waals surface area contributed by atoms with Gasteiger partial charge in [0.2, 0.25) is 5.75 Å². The number of hydrogen-bond acceptors (Lipinski definition) is 6. The molecule has 0 aliphatic heterocycles. The third-order valence-electron chi connectivity index (χ3n) is 3.45. The maximum Gasteiger partial charge on any atom is 0.255 e. The molecule has 0 bridgehead atoms. The molecule has 0 aliphatic carbocycles. The number of carbonyl (C=O) groups is 1. The number of benzene rings is 2. The van der Waals surface area contributed by atoms with Crippen LogP contribution in [-0.2, 0) is 9.84 Å². The molecule has 0 atom stereocenters. The topological polar surface area (TPSA) is 90.9 Å². The van der Waals surface area contributed by atoms with E-state index in [1.165, 1.54) is 45.6 Å². The van der Waals surface area contributed by atoms with Crippen LogP contribution in [0.15, 0.2) is 41.3 Å². The smallest absolute Gasteiger partial charge is 0.255 e. The first-order valence-corrected chi connectivity index (χ1v) is 9.10. The van der Waals surface area contributed by atoms with Crippen molar-refractivity contribution < 1.29 is 27.4 Å². The van der Waals surface area contributed by atoms with E-state index in [1.54, 1.807) is 12.1 Å². The summed E-state index contributed by atoms with van der Waals surface area (Å²) in [4.78, 5) is 12.6. The maximum atomic E-state index is 12.5. The number of anilines is 1. The molecule has 8 heteroatoms. The van der Waals surface area contributed by atoms with E-state index in [1.807, 2.05) is 0 Å². The Morgan fingerprint density at radius 2 is 1.56 bits per heavy atom. The van der Waals surface area contributed by atoms with E-state index in [9.17, 15) is 13.2 Å². The summed E-state index contributed by atoms with van der Waals surface area (Å²) in [5.74, 6) is 0.624. The van der Waals surface area contributed by atoms with E-state index in [-0.39, 0.29) is 10.5 Å². The Balaban J connectivity index is 2.36. The SMILES string of the molecule is COc1cc(C(=O)Nc2cccc(S(C)(=O)=O)c2)cc(OC)c1OC. The van der Waals surface area contributed by atoms with Gasteiger partial charge < -0.3 is 19.5 Å². The quantitative estimate of drug-likeness (QED) is 0.845. The van der Waals surface area contributed by atoms with Gasteiger partial charge in [-0.1, -0.05) is 6.07 Å². The number of sulfone groups is 1. The maximum absolute atomic E-state index is 12.5. The van der Waals surface area contributed by atoms with E-state index in [0.29, 0.717) is 22.9 Å². The molecule has 0 aromatic heterocycles. The van der Waals surface area contributed by atoms with E-state index in [0.717, 1.165) is 6.26 Å². The van der Waals surface area contributed by atoms with Crippen LogP contribution in [0.4, 0.5) is 5.69 Å². The van der Waals surface area contributed by atoms with Crippen molar-refractivity contribution in [2.24, 2.45) is 0 Å². The summed E-state index contributed by atoms with van der Waals surface area (Å²) >= 11 is 0. The minimum absolute atomic E-state index is 0.121. The molecule has 0 radical (unpaired) electrons. The second-order valence-electron chi connectivity index (χ2n) is 5.17. The molecular weight excluding hydrogens is 346 g/mol. The number of hydrogen-bond donors (Lipinski definition) is 1. The molecule has 7 nitrogen and oxygen atoms in total. The molecule has 25 heavy (non-hydrogen) atoms. The molecule has 2 aromatic carbocycles. The molecule has 0 unspecified atom stereocenters. The van der Waals surface area contributed by atoms with Gasteiger partial charge in [0, 0.05) is 17.5 Å². The van der Waals surface area contributed by atoms with Crippen molar-refractivity contribution in [3.05, 3.63) is 42.0 Å². The molecule has 0 aliphatic rings. The van der Waals surface area contributed by atoms with Crippen LogP contribution in [0.25, 0.3) is 0 Å². The second-order valence-corrected chi connectivity index (χ2v) is 7.18. The Labute approximate surface area is 146 Å². The van der Waals surface area contributed by atoms with Crippen molar-refractivity contribution in [1.29, 1.82) is 0 Å². The Bertz CT molecular complexity index is 867. The number of amides is 1. The Morgan fingerprint density at radius 1 is 0.960 bits per heavy atom. The molecule has 0 saturated heterocycles. The first-order chi connectivity index (χ1) is 11.8. The summed E-state index contributed by atoms with van der Waals surface area (Å²) < 4.78 is 38.9. The van der Waals surface area contributed by atoms with Crippen molar-refractivity contribution in [2.75, 3.05) is 32.9 Å². The molecule has 2 rings (SSSR count). The van der Waals surface area contributed by atoms with Crippen molar-refractivity contribution in [2.45, 2.75) is 4.90 Å². The predicted octanol–water partition coefficient (Wildman–Crippen LogP) is 2.37.